The number of nitrogens with two attached hydrogens (primary N) is 1. The van der Waals surface area contributed by atoms with Gasteiger partial charge in [-0.05, 0) is 36.2 Å². The highest BCUT2D eigenvalue weighted by atomic mass is 16.5. The number of benzene rings is 1. The fourth-order valence-electron chi connectivity index (χ4n) is 3.98. The molecule has 1 aliphatic rings. The maximum atomic E-state index is 12.9. The Morgan fingerprint density at radius 3 is 2.64 bits per heavy atom. The Kier molecular flexibility index (Phi) is 7.91. The highest BCUT2D eigenvalue weighted by molar-refractivity contribution is 5.79. The quantitative estimate of drug-likeness (QED) is 0.757. The van der Waals surface area contributed by atoms with Crippen molar-refractivity contribution in [1.82, 2.24) is 5.32 Å². The van der Waals surface area contributed by atoms with Gasteiger partial charge in [0.05, 0.1) is 12.7 Å². The first kappa shape index (κ1) is 19.9. The van der Waals surface area contributed by atoms with Crippen molar-refractivity contribution < 1.29 is 9.53 Å². The van der Waals surface area contributed by atoms with Crippen LogP contribution in [0.4, 0.5) is 0 Å². The second kappa shape index (κ2) is 9.93. The predicted molar refractivity (Wildman–Crippen MR) is 102 cm³/mol. The van der Waals surface area contributed by atoms with Crippen LogP contribution in [0.25, 0.3) is 0 Å². The van der Waals surface area contributed by atoms with Crippen LogP contribution in [0, 0.1) is 23.7 Å². The molecule has 140 valence electrons. The number of hydrogen-bond acceptors (Lipinski definition) is 3. The molecule has 1 aromatic carbocycles. The Hall–Kier alpha value is -1.39. The summed E-state index contributed by atoms with van der Waals surface area (Å²) in [5, 5.41) is 3.16. The summed E-state index contributed by atoms with van der Waals surface area (Å²) in [6.07, 6.45) is 3.24. The normalized spacial score (nSPS) is 24.9. The summed E-state index contributed by atoms with van der Waals surface area (Å²) < 4.78 is 5.87. The van der Waals surface area contributed by atoms with E-state index in [9.17, 15) is 4.79 Å². The molecule has 0 aromatic heterocycles. The lowest BCUT2D eigenvalue weighted by atomic mass is 9.70. The lowest BCUT2D eigenvalue weighted by Gasteiger charge is -2.36. The lowest BCUT2D eigenvalue weighted by molar-refractivity contribution is -0.130. The molecule has 25 heavy (non-hydrogen) atoms. The van der Waals surface area contributed by atoms with Crippen LogP contribution in [0.1, 0.15) is 51.7 Å². The van der Waals surface area contributed by atoms with Crippen molar-refractivity contribution >= 4 is 5.91 Å². The number of ether oxygens (including phenoxy) is 1. The van der Waals surface area contributed by atoms with Crippen LogP contribution in [0.15, 0.2) is 30.3 Å². The van der Waals surface area contributed by atoms with Crippen molar-refractivity contribution in [1.29, 1.82) is 0 Å². The van der Waals surface area contributed by atoms with Gasteiger partial charge in [0, 0.05) is 19.0 Å². The minimum absolute atomic E-state index is 0.120. The fourth-order valence-corrected chi connectivity index (χ4v) is 3.98. The topological polar surface area (TPSA) is 64.3 Å². The maximum Gasteiger partial charge on any atom is 0.223 e. The van der Waals surface area contributed by atoms with Crippen molar-refractivity contribution in [2.24, 2.45) is 29.4 Å². The molecule has 4 atom stereocenters. The Morgan fingerprint density at radius 1 is 1.28 bits per heavy atom. The van der Waals surface area contributed by atoms with Crippen LogP contribution in [-0.4, -0.2) is 25.6 Å². The largest absolute Gasteiger partial charge is 0.370 e. The number of nitrogens with one attached hydrogen (secondary N) is 1. The number of carbonyl (C=O) groups excluding carboxylic acids is 1. The molecule has 0 saturated heterocycles. The van der Waals surface area contributed by atoms with Crippen molar-refractivity contribution in [3.05, 3.63) is 35.9 Å². The third-order valence-corrected chi connectivity index (χ3v) is 5.43. The first-order valence-electron chi connectivity index (χ1n) is 9.67. The maximum absolute atomic E-state index is 12.9. The van der Waals surface area contributed by atoms with Crippen molar-refractivity contribution in [3.63, 3.8) is 0 Å². The molecule has 1 aliphatic carbocycles. The van der Waals surface area contributed by atoms with Gasteiger partial charge in [0.15, 0.2) is 0 Å². The van der Waals surface area contributed by atoms with Gasteiger partial charge in [0.1, 0.15) is 0 Å². The minimum Gasteiger partial charge on any atom is -0.370 e. The van der Waals surface area contributed by atoms with Gasteiger partial charge < -0.3 is 15.8 Å². The Morgan fingerprint density at radius 2 is 2.00 bits per heavy atom. The third-order valence-electron chi connectivity index (χ3n) is 5.43. The molecule has 1 amide bonds. The van der Waals surface area contributed by atoms with Crippen molar-refractivity contribution in [2.45, 2.75) is 46.1 Å². The number of amides is 1. The highest BCUT2D eigenvalue weighted by Gasteiger charge is 2.35. The average Bonchev–Trinajstić information content (AvgIpc) is 2.62. The molecular weight excluding hydrogens is 312 g/mol. The molecule has 0 bridgehead atoms. The van der Waals surface area contributed by atoms with E-state index in [1.165, 1.54) is 6.42 Å². The summed E-state index contributed by atoms with van der Waals surface area (Å²) in [7, 11) is 0. The Bertz CT molecular complexity index is 518. The van der Waals surface area contributed by atoms with Crippen LogP contribution in [0.3, 0.4) is 0 Å². The van der Waals surface area contributed by atoms with E-state index < -0.39 is 0 Å². The van der Waals surface area contributed by atoms with Gasteiger partial charge in [-0.3, -0.25) is 4.79 Å². The third kappa shape index (κ3) is 5.82. The standard InChI is InChI=1S/C21H34N2O2/c1-15(2)18-10-9-16(3)13-19(18)21(24)23-14-20(25-12-11-22)17-7-5-4-6-8-17/h4-8,15-16,18-20H,9-14,22H2,1-3H3,(H,23,24)/t16-,18+,19-,20-/m1/s1. The van der Waals surface area contributed by atoms with E-state index in [0.717, 1.165) is 18.4 Å². The second-order valence-electron chi connectivity index (χ2n) is 7.74. The minimum atomic E-state index is -0.146. The van der Waals surface area contributed by atoms with Crippen molar-refractivity contribution in [3.8, 4) is 0 Å². The molecule has 0 radical (unpaired) electrons. The predicted octanol–water partition coefficient (Wildman–Crippen LogP) is 3.53. The van der Waals surface area contributed by atoms with Gasteiger partial charge >= 0.3 is 0 Å². The van der Waals surface area contributed by atoms with Gasteiger partial charge in [0.25, 0.3) is 0 Å². The number of carbonyl (C=O) groups is 1. The van der Waals surface area contributed by atoms with Gasteiger partial charge in [-0.1, -0.05) is 57.5 Å². The lowest BCUT2D eigenvalue weighted by Crippen LogP contribution is -2.41. The molecule has 1 aromatic rings. The number of hydrogen-bond donors (Lipinski definition) is 2. The molecule has 0 aliphatic heterocycles. The van der Waals surface area contributed by atoms with E-state index in [1.54, 1.807) is 0 Å². The molecule has 2 rings (SSSR count). The summed E-state index contributed by atoms with van der Waals surface area (Å²) >= 11 is 0. The number of rotatable bonds is 8. The summed E-state index contributed by atoms with van der Waals surface area (Å²) in [5.74, 6) is 1.96. The smallest absolute Gasteiger partial charge is 0.223 e. The van der Waals surface area contributed by atoms with E-state index in [-0.39, 0.29) is 17.9 Å². The Balaban J connectivity index is 1.99. The summed E-state index contributed by atoms with van der Waals surface area (Å²) in [5.41, 5.74) is 6.66. The second-order valence-corrected chi connectivity index (χ2v) is 7.74. The highest BCUT2D eigenvalue weighted by Crippen LogP contribution is 2.38. The van der Waals surface area contributed by atoms with Crippen LogP contribution in [-0.2, 0) is 9.53 Å². The molecule has 0 spiro atoms. The van der Waals surface area contributed by atoms with Crippen molar-refractivity contribution in [2.75, 3.05) is 19.7 Å². The fraction of sp³-hybridized carbons (Fsp3) is 0.667. The molecule has 0 unspecified atom stereocenters. The Labute approximate surface area is 152 Å². The van der Waals surface area contributed by atoms with E-state index >= 15 is 0 Å². The first-order valence-corrected chi connectivity index (χ1v) is 9.67. The molecule has 0 heterocycles. The molecule has 3 N–H and O–H groups in total. The molecular formula is C21H34N2O2. The zero-order chi connectivity index (χ0) is 18.2. The molecule has 4 heteroatoms. The van der Waals surface area contributed by atoms with E-state index in [1.807, 2.05) is 30.3 Å². The summed E-state index contributed by atoms with van der Waals surface area (Å²) in [6.45, 7) is 8.19. The van der Waals surface area contributed by atoms with Crippen LogP contribution in [0.2, 0.25) is 0 Å². The van der Waals surface area contributed by atoms with Crippen LogP contribution < -0.4 is 11.1 Å². The first-order chi connectivity index (χ1) is 12.0. The van der Waals surface area contributed by atoms with Crippen LogP contribution >= 0.6 is 0 Å². The summed E-state index contributed by atoms with van der Waals surface area (Å²) in [6, 6.07) is 10.0. The van der Waals surface area contributed by atoms with Crippen LogP contribution in [0.5, 0.6) is 0 Å². The van der Waals surface area contributed by atoms with E-state index in [0.29, 0.717) is 37.5 Å². The molecule has 1 fully saturated rings. The van der Waals surface area contributed by atoms with E-state index in [2.05, 4.69) is 26.1 Å². The van der Waals surface area contributed by atoms with E-state index in [4.69, 9.17) is 10.5 Å². The molecule has 1 saturated carbocycles. The van der Waals surface area contributed by atoms with Gasteiger partial charge in [-0.25, -0.2) is 0 Å². The zero-order valence-corrected chi connectivity index (χ0v) is 15.9. The molecule has 4 nitrogen and oxygen atoms in total. The zero-order valence-electron chi connectivity index (χ0n) is 15.9. The average molecular weight is 347 g/mol. The summed E-state index contributed by atoms with van der Waals surface area (Å²) in [4.78, 5) is 12.9. The van der Waals surface area contributed by atoms with Gasteiger partial charge in [0.2, 0.25) is 5.91 Å². The monoisotopic (exact) mass is 346 g/mol. The van der Waals surface area contributed by atoms with Gasteiger partial charge in [-0.15, -0.1) is 0 Å². The SMILES string of the molecule is CC(C)[C@@H]1CC[C@@H](C)C[C@H]1C(=O)NC[C@@H](OCCN)c1ccccc1. The van der Waals surface area contributed by atoms with Gasteiger partial charge in [-0.2, -0.15) is 0 Å².